The van der Waals surface area contributed by atoms with Crippen LogP contribution in [0.25, 0.3) is 10.9 Å². The van der Waals surface area contributed by atoms with Crippen molar-refractivity contribution in [1.29, 1.82) is 0 Å². The fourth-order valence-corrected chi connectivity index (χ4v) is 7.18. The summed E-state index contributed by atoms with van der Waals surface area (Å²) in [5.41, 5.74) is 4.62. The van der Waals surface area contributed by atoms with Crippen LogP contribution in [-0.4, -0.2) is 70.4 Å². The molecular formula is C37H43ClN4O3. The lowest BCUT2D eigenvalue weighted by Crippen LogP contribution is -2.54. The van der Waals surface area contributed by atoms with Crippen molar-refractivity contribution < 1.29 is 14.3 Å². The second kappa shape index (κ2) is 13.8. The number of amides is 1. The molecule has 2 aliphatic rings. The number of benzene rings is 3. The molecule has 2 fully saturated rings. The molecule has 0 radical (unpaired) electrons. The summed E-state index contributed by atoms with van der Waals surface area (Å²) in [6, 6.07) is 22.3. The highest BCUT2D eigenvalue weighted by atomic mass is 35.5. The van der Waals surface area contributed by atoms with Crippen molar-refractivity contribution in [2.75, 3.05) is 26.2 Å². The van der Waals surface area contributed by atoms with Crippen molar-refractivity contribution in [3.63, 3.8) is 0 Å². The zero-order chi connectivity index (χ0) is 31.5. The number of hydrogen-bond acceptors (Lipinski definition) is 5. The molecule has 2 bridgehead atoms. The number of carbonyl (C=O) groups is 2. The van der Waals surface area contributed by atoms with Crippen LogP contribution in [0.4, 0.5) is 0 Å². The van der Waals surface area contributed by atoms with Crippen LogP contribution in [0.5, 0.6) is 5.75 Å². The van der Waals surface area contributed by atoms with Gasteiger partial charge in [-0.05, 0) is 75.9 Å². The van der Waals surface area contributed by atoms with Crippen molar-refractivity contribution in [3.05, 3.63) is 100 Å². The maximum atomic E-state index is 13.5. The fourth-order valence-electron chi connectivity index (χ4n) is 7.06. The largest absolute Gasteiger partial charge is 0.489 e. The summed E-state index contributed by atoms with van der Waals surface area (Å²) in [6.07, 6.45) is 5.32. The van der Waals surface area contributed by atoms with Gasteiger partial charge in [0.2, 0.25) is 0 Å². The van der Waals surface area contributed by atoms with Gasteiger partial charge in [-0.25, -0.2) is 0 Å². The van der Waals surface area contributed by atoms with Crippen LogP contribution in [-0.2, 0) is 13.1 Å². The van der Waals surface area contributed by atoms with Gasteiger partial charge in [0.1, 0.15) is 5.75 Å². The smallest absolute Gasteiger partial charge is 0.253 e. The van der Waals surface area contributed by atoms with Crippen molar-refractivity contribution in [2.24, 2.45) is 0 Å². The Kier molecular flexibility index (Phi) is 9.59. The van der Waals surface area contributed by atoms with Gasteiger partial charge in [0.25, 0.3) is 5.91 Å². The van der Waals surface area contributed by atoms with Crippen LogP contribution < -0.4 is 10.1 Å². The van der Waals surface area contributed by atoms with Crippen molar-refractivity contribution in [1.82, 2.24) is 19.7 Å². The minimum absolute atomic E-state index is 0.0241. The molecule has 236 valence electrons. The molecule has 45 heavy (non-hydrogen) atoms. The highest BCUT2D eigenvalue weighted by Crippen LogP contribution is 2.33. The standard InChI is InChI=1S/C37H43ClN4O3/c1-25(2)45-35-10-5-9-32-33(37(44)39-20-27-8-4-7-26(3)19-27)23-41(36(32)35)17-6-18-42-30-15-16-31(42)22-40(21-30)24-34(43)28-11-13-29(38)14-12-28/h4-5,7-14,19,23,25,30-31H,6,15-18,20-22,24H2,1-3H3,(H,39,44). The van der Waals surface area contributed by atoms with Gasteiger partial charge in [-0.15, -0.1) is 0 Å². The normalized spacial score (nSPS) is 18.5. The third kappa shape index (κ3) is 7.27. The van der Waals surface area contributed by atoms with E-state index in [9.17, 15) is 9.59 Å². The number of rotatable bonds is 12. The molecule has 2 saturated heterocycles. The number of ketones is 1. The molecule has 2 aliphatic heterocycles. The van der Waals surface area contributed by atoms with Gasteiger partial charge in [-0.1, -0.05) is 53.6 Å². The van der Waals surface area contributed by atoms with Gasteiger partial charge < -0.3 is 14.6 Å². The summed E-state index contributed by atoms with van der Waals surface area (Å²) in [6.45, 7) is 10.6. The first kappa shape index (κ1) is 31.3. The molecule has 1 N–H and O–H groups in total. The number of likely N-dealkylation sites (tertiary alicyclic amines) is 1. The molecule has 2 unspecified atom stereocenters. The SMILES string of the molecule is Cc1cccc(CNC(=O)c2cn(CCCN3C4CCC3CN(CC(=O)c3ccc(Cl)cc3)C4)c3c(OC(C)C)cccc23)c1. The number of Topliss-reactive ketones (excluding diaryl/α,β-unsaturated/α-hetero) is 1. The Morgan fingerprint density at radius 3 is 2.42 bits per heavy atom. The summed E-state index contributed by atoms with van der Waals surface area (Å²) in [5, 5.41) is 4.69. The lowest BCUT2D eigenvalue weighted by molar-refractivity contribution is 0.0588. The quantitative estimate of drug-likeness (QED) is 0.176. The van der Waals surface area contributed by atoms with Crippen LogP contribution in [0, 0.1) is 6.92 Å². The van der Waals surface area contributed by atoms with E-state index < -0.39 is 0 Å². The van der Waals surface area contributed by atoms with Gasteiger partial charge in [0.15, 0.2) is 5.78 Å². The molecule has 0 spiro atoms. The highest BCUT2D eigenvalue weighted by molar-refractivity contribution is 6.30. The monoisotopic (exact) mass is 626 g/mol. The van der Waals surface area contributed by atoms with Crippen molar-refractivity contribution >= 4 is 34.2 Å². The van der Waals surface area contributed by atoms with Crippen LogP contribution in [0.2, 0.25) is 5.02 Å². The van der Waals surface area contributed by atoms with Gasteiger partial charge in [-0.3, -0.25) is 19.4 Å². The number of aryl methyl sites for hydroxylation is 2. The van der Waals surface area contributed by atoms with Gasteiger partial charge in [0, 0.05) is 67.0 Å². The molecule has 7 nitrogen and oxygen atoms in total. The number of nitrogens with one attached hydrogen (secondary N) is 1. The van der Waals surface area contributed by atoms with E-state index >= 15 is 0 Å². The minimum Gasteiger partial charge on any atom is -0.489 e. The first-order valence-electron chi connectivity index (χ1n) is 16.1. The molecule has 2 atom stereocenters. The minimum atomic E-state index is -0.0794. The molecule has 1 amide bonds. The molecule has 0 aliphatic carbocycles. The summed E-state index contributed by atoms with van der Waals surface area (Å²) < 4.78 is 8.43. The van der Waals surface area contributed by atoms with E-state index in [2.05, 4.69) is 38.7 Å². The van der Waals surface area contributed by atoms with E-state index in [1.165, 1.54) is 18.4 Å². The second-order valence-corrected chi connectivity index (χ2v) is 13.3. The summed E-state index contributed by atoms with van der Waals surface area (Å²) >= 11 is 6.01. The van der Waals surface area contributed by atoms with Crippen molar-refractivity contribution in [3.8, 4) is 5.75 Å². The molecular weight excluding hydrogens is 584 g/mol. The molecule has 3 heterocycles. The molecule has 3 aromatic carbocycles. The average molecular weight is 627 g/mol. The average Bonchev–Trinajstić information content (AvgIpc) is 3.50. The Morgan fingerprint density at radius 2 is 1.71 bits per heavy atom. The number of fused-ring (bicyclic) bond motifs is 3. The topological polar surface area (TPSA) is 66.8 Å². The summed E-state index contributed by atoms with van der Waals surface area (Å²) in [7, 11) is 0. The first-order chi connectivity index (χ1) is 21.7. The lowest BCUT2D eigenvalue weighted by atomic mass is 10.1. The molecule has 1 aromatic heterocycles. The summed E-state index contributed by atoms with van der Waals surface area (Å²) in [4.78, 5) is 31.4. The predicted octanol–water partition coefficient (Wildman–Crippen LogP) is 6.74. The van der Waals surface area contributed by atoms with Crippen LogP contribution in [0.3, 0.4) is 0 Å². The highest BCUT2D eigenvalue weighted by Gasteiger charge is 2.39. The number of halogens is 1. The number of nitrogens with zero attached hydrogens (tertiary/aromatic N) is 3. The fraction of sp³-hybridized carbons (Fsp3) is 0.405. The van der Waals surface area contributed by atoms with E-state index in [-0.39, 0.29) is 17.8 Å². The Balaban J connectivity index is 1.12. The maximum Gasteiger partial charge on any atom is 0.253 e. The van der Waals surface area contributed by atoms with Crippen molar-refractivity contribution in [2.45, 2.75) is 71.3 Å². The maximum absolute atomic E-state index is 13.5. The number of carbonyl (C=O) groups excluding carboxylic acids is 2. The number of aromatic nitrogens is 1. The van der Waals surface area contributed by atoms with E-state index in [1.54, 1.807) is 12.1 Å². The Labute approximate surface area is 271 Å². The zero-order valence-electron chi connectivity index (χ0n) is 26.5. The van der Waals surface area contributed by atoms with Gasteiger partial charge in [-0.2, -0.15) is 0 Å². The van der Waals surface area contributed by atoms with E-state index in [1.807, 2.05) is 62.5 Å². The zero-order valence-corrected chi connectivity index (χ0v) is 27.2. The van der Waals surface area contributed by atoms with Gasteiger partial charge >= 0.3 is 0 Å². The Hall–Kier alpha value is -3.65. The number of ether oxygens (including phenoxy) is 1. The lowest BCUT2D eigenvalue weighted by Gasteiger charge is -2.41. The predicted molar refractivity (Wildman–Crippen MR) is 180 cm³/mol. The van der Waals surface area contributed by atoms with Gasteiger partial charge in [0.05, 0.1) is 23.7 Å². The number of hydrogen-bond donors (Lipinski definition) is 1. The number of para-hydroxylation sites is 1. The van der Waals surface area contributed by atoms with Crippen LogP contribution in [0.1, 0.15) is 65.0 Å². The molecule has 8 heteroatoms. The molecule has 6 rings (SSSR count). The third-order valence-corrected chi connectivity index (χ3v) is 9.31. The third-order valence-electron chi connectivity index (χ3n) is 9.06. The Morgan fingerprint density at radius 1 is 0.978 bits per heavy atom. The van der Waals surface area contributed by atoms with E-state index in [0.29, 0.717) is 35.8 Å². The first-order valence-corrected chi connectivity index (χ1v) is 16.5. The van der Waals surface area contributed by atoms with Crippen LogP contribution in [0.15, 0.2) is 72.9 Å². The summed E-state index contributed by atoms with van der Waals surface area (Å²) in [5.74, 6) is 0.876. The molecule has 4 aromatic rings. The van der Waals surface area contributed by atoms with Crippen LogP contribution >= 0.6 is 11.6 Å². The second-order valence-electron chi connectivity index (χ2n) is 12.8. The molecule has 0 saturated carbocycles. The Bertz CT molecular complexity index is 1650. The number of piperazine rings is 1. The van der Waals surface area contributed by atoms with E-state index in [4.69, 9.17) is 16.3 Å². The van der Waals surface area contributed by atoms with E-state index in [0.717, 1.165) is 60.4 Å².